The molecule has 1 aromatic rings. The predicted molar refractivity (Wildman–Crippen MR) is 48.7 cm³/mol. The van der Waals surface area contributed by atoms with Crippen LogP contribution in [0.15, 0.2) is 0 Å². The average molecular weight is 232 g/mol. The molecule has 0 saturated carbocycles. The smallest absolute Gasteiger partial charge is 0.162 e. The normalized spacial score (nSPS) is 9.00. The fraction of sp³-hybridized carbons (Fsp3) is 0. The first-order valence-corrected chi connectivity index (χ1v) is 4.10. The number of halogens is 3. The quantitative estimate of drug-likeness (QED) is 0.691. The zero-order valence-electron chi connectivity index (χ0n) is 5.98. The third-order valence-corrected chi connectivity index (χ3v) is 2.54. The van der Waals surface area contributed by atoms with E-state index >= 15 is 0 Å². The van der Waals surface area contributed by atoms with Crippen molar-refractivity contribution in [2.24, 2.45) is 0 Å². The second kappa shape index (κ2) is 3.81. The topological polar surface area (TPSA) is 60.5 Å². The van der Waals surface area contributed by atoms with Crippen LogP contribution in [0.25, 0.3) is 0 Å². The second-order valence-corrected chi connectivity index (χ2v) is 3.11. The third kappa shape index (κ3) is 1.68. The van der Waals surface area contributed by atoms with Gasteiger partial charge >= 0.3 is 0 Å². The number of aromatic nitrogens is 1. The number of nitriles is 2. The van der Waals surface area contributed by atoms with E-state index in [-0.39, 0.29) is 26.5 Å². The van der Waals surface area contributed by atoms with Crippen LogP contribution in [0, 0.1) is 22.7 Å². The lowest BCUT2D eigenvalue weighted by Crippen LogP contribution is -1.92. The Balaban J connectivity index is 3.60. The van der Waals surface area contributed by atoms with E-state index in [0.29, 0.717) is 0 Å². The molecule has 0 unspecified atom stereocenters. The van der Waals surface area contributed by atoms with Gasteiger partial charge in [0.25, 0.3) is 0 Å². The van der Waals surface area contributed by atoms with Gasteiger partial charge in [-0.25, -0.2) is 4.98 Å². The second-order valence-electron chi connectivity index (χ2n) is 1.97. The molecule has 1 rings (SSSR count). The molecule has 1 aromatic heterocycles. The molecule has 0 saturated heterocycles. The minimum absolute atomic E-state index is 0.0218. The molecule has 6 heteroatoms. The summed E-state index contributed by atoms with van der Waals surface area (Å²) in [5.41, 5.74) is -0.208. The van der Waals surface area contributed by atoms with Crippen LogP contribution in [0.4, 0.5) is 0 Å². The summed E-state index contributed by atoms with van der Waals surface area (Å²) in [6.07, 6.45) is 0. The highest BCUT2D eigenvalue weighted by atomic mass is 35.5. The van der Waals surface area contributed by atoms with Crippen molar-refractivity contribution in [1.29, 1.82) is 10.5 Å². The molecular weight excluding hydrogens is 232 g/mol. The van der Waals surface area contributed by atoms with Crippen LogP contribution in [-0.4, -0.2) is 4.98 Å². The Morgan fingerprint density at radius 2 is 1.23 bits per heavy atom. The highest BCUT2D eigenvalue weighted by Crippen LogP contribution is 2.33. The molecule has 0 amide bonds. The molecule has 0 atom stereocenters. The van der Waals surface area contributed by atoms with Gasteiger partial charge in [0.1, 0.15) is 12.1 Å². The van der Waals surface area contributed by atoms with E-state index in [1.54, 1.807) is 12.1 Å². The van der Waals surface area contributed by atoms with Crippen LogP contribution in [0.5, 0.6) is 0 Å². The van der Waals surface area contributed by atoms with Crippen molar-refractivity contribution in [1.82, 2.24) is 4.98 Å². The Hall–Kier alpha value is -1.00. The van der Waals surface area contributed by atoms with E-state index in [0.717, 1.165) is 0 Å². The number of hydrogen-bond acceptors (Lipinski definition) is 3. The predicted octanol–water partition coefficient (Wildman–Crippen LogP) is 2.79. The number of rotatable bonds is 0. The lowest BCUT2D eigenvalue weighted by atomic mass is 10.3. The van der Waals surface area contributed by atoms with Crippen molar-refractivity contribution in [2.75, 3.05) is 0 Å². The van der Waals surface area contributed by atoms with Gasteiger partial charge in [0.05, 0.1) is 15.1 Å². The molecule has 0 aliphatic rings. The Bertz CT molecular complexity index is 404. The van der Waals surface area contributed by atoms with Crippen LogP contribution in [0.1, 0.15) is 11.4 Å². The van der Waals surface area contributed by atoms with Crippen molar-refractivity contribution in [3.05, 3.63) is 26.5 Å². The summed E-state index contributed by atoms with van der Waals surface area (Å²) in [6.45, 7) is 0. The van der Waals surface area contributed by atoms with E-state index in [4.69, 9.17) is 45.3 Å². The number of hydrogen-bond donors (Lipinski definition) is 0. The summed E-state index contributed by atoms with van der Waals surface area (Å²) < 4.78 is 0. The van der Waals surface area contributed by atoms with Gasteiger partial charge in [-0.3, -0.25) is 0 Å². The first kappa shape index (κ1) is 10.1. The van der Waals surface area contributed by atoms with E-state index < -0.39 is 0 Å². The zero-order valence-corrected chi connectivity index (χ0v) is 8.24. The van der Waals surface area contributed by atoms with Gasteiger partial charge in [0.15, 0.2) is 11.4 Å². The first-order valence-electron chi connectivity index (χ1n) is 2.96. The van der Waals surface area contributed by atoms with E-state index in [2.05, 4.69) is 4.98 Å². The molecule has 0 aliphatic carbocycles. The Morgan fingerprint density at radius 1 is 0.846 bits per heavy atom. The molecule has 0 fully saturated rings. The van der Waals surface area contributed by atoms with Crippen molar-refractivity contribution in [2.45, 2.75) is 0 Å². The summed E-state index contributed by atoms with van der Waals surface area (Å²) >= 11 is 16.9. The molecule has 0 spiro atoms. The van der Waals surface area contributed by atoms with Gasteiger partial charge in [-0.05, 0) is 0 Å². The first-order chi connectivity index (χ1) is 6.11. The molecule has 64 valence electrons. The van der Waals surface area contributed by atoms with Gasteiger partial charge in [-0.1, -0.05) is 34.8 Å². The van der Waals surface area contributed by atoms with Gasteiger partial charge < -0.3 is 0 Å². The van der Waals surface area contributed by atoms with Crippen LogP contribution >= 0.6 is 34.8 Å². The van der Waals surface area contributed by atoms with Crippen LogP contribution in [0.3, 0.4) is 0 Å². The Morgan fingerprint density at radius 3 is 1.54 bits per heavy atom. The highest BCUT2D eigenvalue weighted by Gasteiger charge is 2.15. The fourth-order valence-electron chi connectivity index (χ4n) is 0.662. The molecule has 1 heterocycles. The van der Waals surface area contributed by atoms with Crippen molar-refractivity contribution < 1.29 is 0 Å². The molecule has 3 nitrogen and oxygen atoms in total. The van der Waals surface area contributed by atoms with Gasteiger partial charge in [-0.15, -0.1) is 0 Å². The summed E-state index contributed by atoms with van der Waals surface area (Å²) in [4.78, 5) is 3.60. The standard InChI is InChI=1S/C7Cl3N3/c8-5-3(1-11)13-4(2-12)6(9)7(5)10. The minimum Gasteiger partial charge on any atom is -0.223 e. The van der Waals surface area contributed by atoms with Gasteiger partial charge in [0, 0.05) is 0 Å². The largest absolute Gasteiger partial charge is 0.223 e. The maximum Gasteiger partial charge on any atom is 0.162 e. The van der Waals surface area contributed by atoms with E-state index in [1.165, 1.54) is 0 Å². The lowest BCUT2D eigenvalue weighted by molar-refractivity contribution is 1.22. The Labute approximate surface area is 89.1 Å². The number of nitrogens with zero attached hydrogens (tertiary/aromatic N) is 3. The molecular formula is C7Cl3N3. The molecule has 0 aliphatic heterocycles. The van der Waals surface area contributed by atoms with Crippen molar-refractivity contribution >= 4 is 34.8 Å². The highest BCUT2D eigenvalue weighted by molar-refractivity contribution is 6.48. The summed E-state index contributed by atoms with van der Waals surface area (Å²) in [6, 6.07) is 3.40. The molecule has 0 aromatic carbocycles. The zero-order chi connectivity index (χ0) is 10.0. The minimum atomic E-state index is -0.104. The van der Waals surface area contributed by atoms with Crippen molar-refractivity contribution in [3.8, 4) is 12.1 Å². The maximum absolute atomic E-state index is 8.55. The average Bonchev–Trinajstić information content (AvgIpc) is 2.15. The monoisotopic (exact) mass is 231 g/mol. The van der Waals surface area contributed by atoms with Gasteiger partial charge in [-0.2, -0.15) is 10.5 Å². The lowest BCUT2D eigenvalue weighted by Gasteiger charge is -2.00. The summed E-state index contributed by atoms with van der Waals surface area (Å²) in [5.74, 6) is 0. The summed E-state index contributed by atoms with van der Waals surface area (Å²) in [5, 5.41) is 17.0. The van der Waals surface area contributed by atoms with E-state index in [1.807, 2.05) is 0 Å². The third-order valence-electron chi connectivity index (χ3n) is 1.24. The molecule has 0 bridgehead atoms. The van der Waals surface area contributed by atoms with Crippen molar-refractivity contribution in [3.63, 3.8) is 0 Å². The molecule has 0 radical (unpaired) electrons. The van der Waals surface area contributed by atoms with E-state index in [9.17, 15) is 0 Å². The number of pyridine rings is 1. The maximum atomic E-state index is 8.55. The van der Waals surface area contributed by atoms with Crippen LogP contribution in [-0.2, 0) is 0 Å². The molecule has 13 heavy (non-hydrogen) atoms. The SMILES string of the molecule is N#Cc1nc(C#N)c(Cl)c(Cl)c1Cl. The summed E-state index contributed by atoms with van der Waals surface area (Å²) in [7, 11) is 0. The van der Waals surface area contributed by atoms with Gasteiger partial charge in [0.2, 0.25) is 0 Å². The molecule has 0 N–H and O–H groups in total. The Kier molecular flexibility index (Phi) is 2.95. The van der Waals surface area contributed by atoms with Crippen LogP contribution in [0.2, 0.25) is 15.1 Å². The fourth-order valence-corrected chi connectivity index (χ4v) is 1.25. The van der Waals surface area contributed by atoms with Crippen LogP contribution < -0.4 is 0 Å².